The van der Waals surface area contributed by atoms with Gasteiger partial charge in [0.2, 0.25) is 0 Å². The van der Waals surface area contributed by atoms with Gasteiger partial charge in [0.15, 0.2) is 5.96 Å². The zero-order chi connectivity index (χ0) is 17.3. The predicted octanol–water partition coefficient (Wildman–Crippen LogP) is 3.02. The fourth-order valence-corrected chi connectivity index (χ4v) is 3.39. The van der Waals surface area contributed by atoms with Gasteiger partial charge in [-0.3, -0.25) is 4.99 Å². The molecule has 1 rings (SSSR count). The molecule has 5 nitrogen and oxygen atoms in total. The van der Waals surface area contributed by atoms with Gasteiger partial charge < -0.3 is 20.5 Å². The van der Waals surface area contributed by atoms with Crippen molar-refractivity contribution in [1.82, 2.24) is 10.6 Å². The number of ether oxygens (including phenoxy) is 1. The second-order valence-corrected chi connectivity index (χ2v) is 8.09. The minimum absolute atomic E-state index is 0. The van der Waals surface area contributed by atoms with Crippen LogP contribution in [0, 0.1) is 16.7 Å². The van der Waals surface area contributed by atoms with Crippen LogP contribution >= 0.6 is 24.0 Å². The smallest absolute Gasteiger partial charge is 0.191 e. The van der Waals surface area contributed by atoms with Gasteiger partial charge in [-0.1, -0.05) is 27.7 Å². The summed E-state index contributed by atoms with van der Waals surface area (Å²) in [5.41, 5.74) is 0.244. The molecule has 6 heteroatoms. The summed E-state index contributed by atoms with van der Waals surface area (Å²) in [6.45, 7) is 15.3. The molecule has 1 saturated heterocycles. The van der Waals surface area contributed by atoms with E-state index >= 15 is 0 Å². The van der Waals surface area contributed by atoms with Crippen LogP contribution in [0.5, 0.6) is 0 Å². The highest BCUT2D eigenvalue weighted by Crippen LogP contribution is 2.31. The van der Waals surface area contributed by atoms with E-state index in [1.807, 2.05) is 0 Å². The molecular weight excluding hydrogens is 417 g/mol. The number of hydrogen-bond donors (Lipinski definition) is 3. The normalized spacial score (nSPS) is 21.7. The van der Waals surface area contributed by atoms with Crippen LogP contribution in [-0.4, -0.2) is 50.5 Å². The molecule has 144 valence electrons. The number of aliphatic imine (C=N–C) groups is 1. The Morgan fingerprint density at radius 1 is 1.33 bits per heavy atom. The first-order chi connectivity index (χ1) is 10.8. The van der Waals surface area contributed by atoms with Crippen molar-refractivity contribution in [3.8, 4) is 0 Å². The Bertz CT molecular complexity index is 367. The second-order valence-electron chi connectivity index (χ2n) is 8.09. The first kappa shape index (κ1) is 23.9. The third-order valence-electron chi connectivity index (χ3n) is 4.43. The van der Waals surface area contributed by atoms with Gasteiger partial charge >= 0.3 is 0 Å². The van der Waals surface area contributed by atoms with Gasteiger partial charge in [0.25, 0.3) is 0 Å². The molecule has 3 N–H and O–H groups in total. The highest BCUT2D eigenvalue weighted by molar-refractivity contribution is 14.0. The molecule has 0 spiro atoms. The fraction of sp³-hybridized carbons (Fsp3) is 0.944. The van der Waals surface area contributed by atoms with Crippen LogP contribution in [0.1, 0.15) is 53.9 Å². The maximum atomic E-state index is 9.33. The van der Waals surface area contributed by atoms with E-state index in [0.717, 1.165) is 58.1 Å². The quantitative estimate of drug-likeness (QED) is 0.284. The van der Waals surface area contributed by atoms with E-state index in [1.54, 1.807) is 0 Å². The van der Waals surface area contributed by atoms with Gasteiger partial charge in [-0.15, -0.1) is 24.0 Å². The monoisotopic (exact) mass is 455 g/mol. The van der Waals surface area contributed by atoms with Crippen LogP contribution < -0.4 is 10.6 Å². The molecule has 1 unspecified atom stereocenters. The summed E-state index contributed by atoms with van der Waals surface area (Å²) in [7, 11) is 0. The molecule has 0 aromatic heterocycles. The molecule has 0 amide bonds. The zero-order valence-electron chi connectivity index (χ0n) is 16.2. The number of rotatable bonds is 9. The number of nitrogens with one attached hydrogen (secondary N) is 2. The van der Waals surface area contributed by atoms with Gasteiger partial charge in [0.1, 0.15) is 0 Å². The minimum Gasteiger partial charge on any atom is -0.396 e. The zero-order valence-corrected chi connectivity index (χ0v) is 18.5. The summed E-state index contributed by atoms with van der Waals surface area (Å²) in [6.07, 6.45) is 2.94. The minimum atomic E-state index is 0. The van der Waals surface area contributed by atoms with E-state index in [-0.39, 0.29) is 41.4 Å². The van der Waals surface area contributed by atoms with E-state index in [0.29, 0.717) is 5.92 Å². The first-order valence-corrected chi connectivity index (χ1v) is 9.03. The average Bonchev–Trinajstić information content (AvgIpc) is 2.90. The van der Waals surface area contributed by atoms with Gasteiger partial charge in [-0.05, 0) is 37.5 Å². The van der Waals surface area contributed by atoms with Crippen LogP contribution in [0.15, 0.2) is 4.99 Å². The Morgan fingerprint density at radius 3 is 2.54 bits per heavy atom. The van der Waals surface area contributed by atoms with E-state index in [4.69, 9.17) is 9.73 Å². The van der Waals surface area contributed by atoms with Crippen molar-refractivity contribution in [2.45, 2.75) is 53.9 Å². The lowest BCUT2D eigenvalue weighted by Gasteiger charge is -2.28. The Kier molecular flexibility index (Phi) is 11.5. The Labute approximate surface area is 165 Å². The molecule has 0 bridgehead atoms. The summed E-state index contributed by atoms with van der Waals surface area (Å²) < 4.78 is 5.55. The summed E-state index contributed by atoms with van der Waals surface area (Å²) >= 11 is 0. The van der Waals surface area contributed by atoms with Crippen LogP contribution in [-0.2, 0) is 4.74 Å². The molecule has 0 aromatic carbocycles. The van der Waals surface area contributed by atoms with Crippen molar-refractivity contribution in [2.75, 3.05) is 39.5 Å². The van der Waals surface area contributed by atoms with Gasteiger partial charge in [0, 0.05) is 38.3 Å². The Hall–Kier alpha value is -0.0800. The number of aliphatic hydroxyl groups is 1. The fourth-order valence-electron chi connectivity index (χ4n) is 3.39. The maximum Gasteiger partial charge on any atom is 0.191 e. The SMILES string of the molecule is CCNC(=NCC(C)(C)CC(C)C)NCC1(CCO)CCOC1.I. The van der Waals surface area contributed by atoms with Crippen molar-refractivity contribution in [3.63, 3.8) is 0 Å². The summed E-state index contributed by atoms with van der Waals surface area (Å²) in [5.74, 6) is 1.55. The Morgan fingerprint density at radius 2 is 2.04 bits per heavy atom. The summed E-state index contributed by atoms with van der Waals surface area (Å²) in [6, 6.07) is 0. The number of nitrogens with zero attached hydrogens (tertiary/aromatic N) is 1. The maximum absolute atomic E-state index is 9.33. The van der Waals surface area contributed by atoms with Crippen LogP contribution in [0.4, 0.5) is 0 Å². The highest BCUT2D eigenvalue weighted by Gasteiger charge is 2.34. The molecule has 1 aliphatic heterocycles. The van der Waals surface area contributed by atoms with Crippen LogP contribution in [0.25, 0.3) is 0 Å². The lowest BCUT2D eigenvalue weighted by atomic mass is 9.84. The molecule has 0 aliphatic carbocycles. The van der Waals surface area contributed by atoms with Crippen molar-refractivity contribution >= 4 is 29.9 Å². The molecule has 0 aromatic rings. The second kappa shape index (κ2) is 11.5. The first-order valence-electron chi connectivity index (χ1n) is 9.03. The van der Waals surface area contributed by atoms with Gasteiger partial charge in [0.05, 0.1) is 6.61 Å². The number of hydrogen-bond acceptors (Lipinski definition) is 3. The molecule has 0 radical (unpaired) electrons. The molecule has 0 saturated carbocycles. The van der Waals surface area contributed by atoms with E-state index in [1.165, 1.54) is 0 Å². The lowest BCUT2D eigenvalue weighted by Crippen LogP contribution is -2.45. The molecule has 24 heavy (non-hydrogen) atoms. The number of guanidine groups is 1. The van der Waals surface area contributed by atoms with E-state index < -0.39 is 0 Å². The summed E-state index contributed by atoms with van der Waals surface area (Å²) in [4.78, 5) is 4.78. The van der Waals surface area contributed by atoms with Crippen molar-refractivity contribution in [2.24, 2.45) is 21.7 Å². The van der Waals surface area contributed by atoms with Crippen molar-refractivity contribution < 1.29 is 9.84 Å². The van der Waals surface area contributed by atoms with Crippen molar-refractivity contribution in [1.29, 1.82) is 0 Å². The standard InChI is InChI=1S/C18H37N3O2.HI/c1-6-19-16(20-12-17(4,5)11-15(2)3)21-13-18(7-9-22)8-10-23-14-18;/h15,22H,6-14H2,1-5H3,(H2,19,20,21);1H. The molecule has 1 fully saturated rings. The van der Waals surface area contributed by atoms with Crippen molar-refractivity contribution in [3.05, 3.63) is 0 Å². The molecule has 1 aliphatic rings. The molecule has 1 atom stereocenters. The third-order valence-corrected chi connectivity index (χ3v) is 4.43. The van der Waals surface area contributed by atoms with E-state index in [9.17, 15) is 5.11 Å². The Balaban J connectivity index is 0.00000529. The lowest BCUT2D eigenvalue weighted by molar-refractivity contribution is 0.127. The number of halogens is 1. The number of aliphatic hydroxyl groups excluding tert-OH is 1. The summed E-state index contributed by atoms with van der Waals surface area (Å²) in [5, 5.41) is 16.1. The molecular formula is C18H38IN3O2. The van der Waals surface area contributed by atoms with Crippen LogP contribution in [0.2, 0.25) is 0 Å². The predicted molar refractivity (Wildman–Crippen MR) is 112 cm³/mol. The largest absolute Gasteiger partial charge is 0.396 e. The van der Waals surface area contributed by atoms with Gasteiger partial charge in [-0.25, -0.2) is 0 Å². The molecule has 1 heterocycles. The van der Waals surface area contributed by atoms with Gasteiger partial charge in [-0.2, -0.15) is 0 Å². The van der Waals surface area contributed by atoms with E-state index in [2.05, 4.69) is 45.3 Å². The topological polar surface area (TPSA) is 65.9 Å². The van der Waals surface area contributed by atoms with Crippen LogP contribution in [0.3, 0.4) is 0 Å². The average molecular weight is 455 g/mol. The highest BCUT2D eigenvalue weighted by atomic mass is 127. The third kappa shape index (κ3) is 8.85.